The van der Waals surface area contributed by atoms with Gasteiger partial charge in [0, 0.05) is 23.7 Å². The van der Waals surface area contributed by atoms with Crippen LogP contribution in [0.15, 0.2) is 60.8 Å². The number of amides is 2. The summed E-state index contributed by atoms with van der Waals surface area (Å²) in [6.45, 7) is 3.09. The lowest BCUT2D eigenvalue weighted by Gasteiger charge is -2.32. The van der Waals surface area contributed by atoms with E-state index in [-0.39, 0.29) is 23.8 Å². The third-order valence-electron chi connectivity index (χ3n) is 5.91. The van der Waals surface area contributed by atoms with Gasteiger partial charge in [-0.15, -0.1) is 0 Å². The molecule has 2 aromatic carbocycles. The van der Waals surface area contributed by atoms with Crippen molar-refractivity contribution in [2.24, 2.45) is 5.92 Å². The van der Waals surface area contributed by atoms with Crippen LogP contribution >= 0.6 is 11.6 Å². The Morgan fingerprint density at radius 3 is 2.66 bits per heavy atom. The number of piperidine rings is 1. The van der Waals surface area contributed by atoms with Crippen LogP contribution in [-0.2, 0) is 4.79 Å². The Hall–Kier alpha value is -3.12. The third-order valence-corrected chi connectivity index (χ3v) is 6.16. The first kappa shape index (κ1) is 22.1. The van der Waals surface area contributed by atoms with Crippen molar-refractivity contribution in [3.05, 3.63) is 77.2 Å². The number of nitrogens with zero attached hydrogens (tertiary/aromatic N) is 2. The van der Waals surface area contributed by atoms with Gasteiger partial charge in [-0.3, -0.25) is 9.59 Å². The van der Waals surface area contributed by atoms with Crippen molar-refractivity contribution in [3.8, 4) is 11.3 Å². The SMILES string of the molecule is CCC(NC(=O)C1CCCN(C(=O)c2ccc(Cl)cc2)C1)c1ncc(-c2ccccc2)[nH]1. The van der Waals surface area contributed by atoms with E-state index in [1.807, 2.05) is 37.3 Å². The van der Waals surface area contributed by atoms with Crippen molar-refractivity contribution in [1.29, 1.82) is 0 Å². The number of hydrogen-bond donors (Lipinski definition) is 2. The fourth-order valence-corrected chi connectivity index (χ4v) is 4.21. The molecule has 1 saturated heterocycles. The van der Waals surface area contributed by atoms with Crippen molar-refractivity contribution in [2.75, 3.05) is 13.1 Å². The van der Waals surface area contributed by atoms with Gasteiger partial charge in [-0.25, -0.2) is 4.98 Å². The lowest BCUT2D eigenvalue weighted by atomic mass is 9.96. The van der Waals surface area contributed by atoms with Crippen molar-refractivity contribution >= 4 is 23.4 Å². The molecule has 32 heavy (non-hydrogen) atoms. The monoisotopic (exact) mass is 450 g/mol. The third kappa shape index (κ3) is 5.02. The van der Waals surface area contributed by atoms with Crippen LogP contribution in [0.2, 0.25) is 5.02 Å². The number of carbonyl (C=O) groups excluding carboxylic acids is 2. The Morgan fingerprint density at radius 2 is 1.94 bits per heavy atom. The smallest absolute Gasteiger partial charge is 0.253 e. The summed E-state index contributed by atoms with van der Waals surface area (Å²) in [4.78, 5) is 35.5. The van der Waals surface area contributed by atoms with Crippen LogP contribution in [0.25, 0.3) is 11.3 Å². The van der Waals surface area contributed by atoms with Gasteiger partial charge in [0.25, 0.3) is 5.91 Å². The molecular weight excluding hydrogens is 424 g/mol. The Balaban J connectivity index is 1.40. The number of halogens is 1. The van der Waals surface area contributed by atoms with Crippen molar-refractivity contribution in [2.45, 2.75) is 32.2 Å². The van der Waals surface area contributed by atoms with Crippen molar-refractivity contribution in [1.82, 2.24) is 20.2 Å². The molecule has 1 aliphatic heterocycles. The number of benzene rings is 2. The van der Waals surface area contributed by atoms with E-state index in [2.05, 4.69) is 15.3 Å². The van der Waals surface area contributed by atoms with Gasteiger partial charge < -0.3 is 15.2 Å². The zero-order valence-electron chi connectivity index (χ0n) is 18.1. The van der Waals surface area contributed by atoms with Crippen LogP contribution in [-0.4, -0.2) is 39.8 Å². The maximum absolute atomic E-state index is 13.1. The topological polar surface area (TPSA) is 78.1 Å². The van der Waals surface area contributed by atoms with Gasteiger partial charge in [0.05, 0.1) is 23.9 Å². The number of nitrogens with one attached hydrogen (secondary N) is 2. The molecule has 6 nitrogen and oxygen atoms in total. The Labute approximate surface area is 193 Å². The van der Waals surface area contributed by atoms with Gasteiger partial charge in [0.2, 0.25) is 5.91 Å². The van der Waals surface area contributed by atoms with Crippen LogP contribution in [0.3, 0.4) is 0 Å². The van der Waals surface area contributed by atoms with Crippen LogP contribution in [0.4, 0.5) is 0 Å². The van der Waals surface area contributed by atoms with Gasteiger partial charge in [-0.05, 0) is 49.1 Å². The highest BCUT2D eigenvalue weighted by atomic mass is 35.5. The molecule has 3 aromatic rings. The normalized spacial score (nSPS) is 17.1. The van der Waals surface area contributed by atoms with Crippen LogP contribution in [0.1, 0.15) is 48.4 Å². The van der Waals surface area contributed by atoms with Gasteiger partial charge in [-0.1, -0.05) is 48.9 Å². The molecule has 166 valence electrons. The van der Waals surface area contributed by atoms with Crippen molar-refractivity contribution in [3.63, 3.8) is 0 Å². The van der Waals surface area contributed by atoms with Gasteiger partial charge in [-0.2, -0.15) is 0 Å². The van der Waals surface area contributed by atoms with E-state index in [0.717, 1.165) is 29.9 Å². The molecule has 0 saturated carbocycles. The Morgan fingerprint density at radius 1 is 1.19 bits per heavy atom. The lowest BCUT2D eigenvalue weighted by molar-refractivity contribution is -0.127. The molecular formula is C25H27ClN4O2. The van der Waals surface area contributed by atoms with Gasteiger partial charge in [0.15, 0.2) is 0 Å². The highest BCUT2D eigenvalue weighted by Gasteiger charge is 2.30. The highest BCUT2D eigenvalue weighted by Crippen LogP contribution is 2.23. The van der Waals surface area contributed by atoms with E-state index < -0.39 is 0 Å². The van der Waals surface area contributed by atoms with Crippen LogP contribution < -0.4 is 5.32 Å². The average molecular weight is 451 g/mol. The fraction of sp³-hybridized carbons (Fsp3) is 0.320. The summed E-state index contributed by atoms with van der Waals surface area (Å²) in [7, 11) is 0. The Kier molecular flexibility index (Phi) is 6.90. The minimum absolute atomic E-state index is 0.0388. The molecule has 0 aliphatic carbocycles. The van der Waals surface area contributed by atoms with Crippen molar-refractivity contribution < 1.29 is 9.59 Å². The van der Waals surface area contributed by atoms with E-state index in [1.165, 1.54) is 0 Å². The molecule has 1 aliphatic rings. The molecule has 1 fully saturated rings. The summed E-state index contributed by atoms with van der Waals surface area (Å²) in [5.41, 5.74) is 2.56. The summed E-state index contributed by atoms with van der Waals surface area (Å²) in [5, 5.41) is 3.73. The first-order valence-electron chi connectivity index (χ1n) is 11.0. The summed E-state index contributed by atoms with van der Waals surface area (Å²) in [6, 6.07) is 16.6. The number of carbonyl (C=O) groups is 2. The molecule has 0 radical (unpaired) electrons. The molecule has 1 aromatic heterocycles. The second-order valence-electron chi connectivity index (χ2n) is 8.11. The number of rotatable bonds is 6. The molecule has 2 unspecified atom stereocenters. The second kappa shape index (κ2) is 10.0. The molecule has 2 heterocycles. The number of aromatic nitrogens is 2. The highest BCUT2D eigenvalue weighted by molar-refractivity contribution is 6.30. The molecule has 4 rings (SSSR count). The summed E-state index contributed by atoms with van der Waals surface area (Å²) in [6.07, 6.45) is 4.08. The maximum Gasteiger partial charge on any atom is 0.253 e. The lowest BCUT2D eigenvalue weighted by Crippen LogP contribution is -2.46. The number of likely N-dealkylation sites (tertiary alicyclic amines) is 1. The number of aromatic amines is 1. The zero-order valence-corrected chi connectivity index (χ0v) is 18.8. The van der Waals surface area contributed by atoms with E-state index in [1.54, 1.807) is 35.4 Å². The minimum atomic E-state index is -0.238. The number of H-pyrrole nitrogens is 1. The fourth-order valence-electron chi connectivity index (χ4n) is 4.08. The average Bonchev–Trinajstić information content (AvgIpc) is 3.33. The quantitative estimate of drug-likeness (QED) is 0.563. The molecule has 2 amide bonds. The van der Waals surface area contributed by atoms with Crippen LogP contribution in [0, 0.1) is 5.92 Å². The van der Waals surface area contributed by atoms with E-state index in [0.29, 0.717) is 30.1 Å². The Bertz CT molecular complexity index is 1070. The van der Waals surface area contributed by atoms with E-state index in [9.17, 15) is 9.59 Å². The van der Waals surface area contributed by atoms with Crippen LogP contribution in [0.5, 0.6) is 0 Å². The number of imidazole rings is 1. The summed E-state index contributed by atoms with van der Waals surface area (Å²) >= 11 is 5.93. The predicted octanol–water partition coefficient (Wildman–Crippen LogP) is 4.85. The molecule has 7 heteroatoms. The first-order chi connectivity index (χ1) is 15.5. The van der Waals surface area contributed by atoms with Gasteiger partial charge >= 0.3 is 0 Å². The second-order valence-corrected chi connectivity index (χ2v) is 8.55. The number of hydrogen-bond acceptors (Lipinski definition) is 3. The summed E-state index contributed by atoms with van der Waals surface area (Å²) < 4.78 is 0. The maximum atomic E-state index is 13.1. The molecule has 2 N–H and O–H groups in total. The molecule has 0 bridgehead atoms. The van der Waals surface area contributed by atoms with E-state index in [4.69, 9.17) is 11.6 Å². The first-order valence-corrected chi connectivity index (χ1v) is 11.4. The molecule has 0 spiro atoms. The predicted molar refractivity (Wildman–Crippen MR) is 125 cm³/mol. The largest absolute Gasteiger partial charge is 0.346 e. The summed E-state index contributed by atoms with van der Waals surface area (Å²) in [5.74, 6) is 0.398. The zero-order chi connectivity index (χ0) is 22.5. The van der Waals surface area contributed by atoms with E-state index >= 15 is 0 Å². The standard InChI is InChI=1S/C25H27ClN4O2/c1-2-21(23-27-15-22(28-23)17-7-4-3-5-8-17)29-24(31)19-9-6-14-30(16-19)25(32)18-10-12-20(26)13-11-18/h3-5,7-8,10-13,15,19,21H,2,6,9,14,16H2,1H3,(H,27,28)(H,29,31). The molecule has 2 atom stereocenters. The van der Waals surface area contributed by atoms with Gasteiger partial charge in [0.1, 0.15) is 5.82 Å². The minimum Gasteiger partial charge on any atom is -0.346 e.